The van der Waals surface area contributed by atoms with Crippen LogP contribution in [0.15, 0.2) is 27.4 Å². The second-order valence-corrected chi connectivity index (χ2v) is 4.79. The minimum atomic E-state index is -0.336. The summed E-state index contributed by atoms with van der Waals surface area (Å²) in [6.07, 6.45) is 3.18. The van der Waals surface area contributed by atoms with Crippen molar-refractivity contribution in [3.63, 3.8) is 0 Å². The summed E-state index contributed by atoms with van der Waals surface area (Å²) in [5.41, 5.74) is 2.43. The largest absolute Gasteiger partial charge is 0.419 e. The van der Waals surface area contributed by atoms with Crippen LogP contribution in [0, 0.1) is 0 Å². The molecule has 0 saturated carbocycles. The van der Waals surface area contributed by atoms with Crippen LogP contribution in [-0.4, -0.2) is 4.57 Å². The van der Waals surface area contributed by atoms with E-state index < -0.39 is 0 Å². The fourth-order valence-corrected chi connectivity index (χ4v) is 2.19. The summed E-state index contributed by atoms with van der Waals surface area (Å²) < 4.78 is 6.64. The molecular weight excluding hydrogens is 238 g/mol. The number of fused-ring (bicyclic) bond motifs is 1. The van der Waals surface area contributed by atoms with Crippen LogP contribution in [0.2, 0.25) is 0 Å². The molecule has 0 amide bonds. The Labute approximate surface area is 105 Å². The Morgan fingerprint density at radius 1 is 1.47 bits per heavy atom. The van der Waals surface area contributed by atoms with Crippen molar-refractivity contribution in [1.82, 2.24) is 4.57 Å². The van der Waals surface area contributed by atoms with Gasteiger partial charge in [0, 0.05) is 7.05 Å². The van der Waals surface area contributed by atoms with E-state index in [9.17, 15) is 4.79 Å². The van der Waals surface area contributed by atoms with Gasteiger partial charge >= 0.3 is 5.76 Å². The molecule has 0 aliphatic rings. The topological polar surface area (TPSA) is 35.1 Å². The zero-order chi connectivity index (χ0) is 12.4. The molecule has 1 atom stereocenters. The molecule has 0 saturated heterocycles. The van der Waals surface area contributed by atoms with E-state index in [0.29, 0.717) is 5.58 Å². The SMILES string of the molecule is CCCCC(Cl)c1ccc2c(c1)oc(=O)n2C. The normalized spacial score (nSPS) is 13.1. The molecule has 17 heavy (non-hydrogen) atoms. The number of alkyl halides is 1. The predicted octanol–water partition coefficient (Wildman–Crippen LogP) is 3.60. The van der Waals surface area contributed by atoms with Gasteiger partial charge in [-0.25, -0.2) is 4.79 Å². The van der Waals surface area contributed by atoms with Crippen molar-refractivity contribution < 1.29 is 4.42 Å². The van der Waals surface area contributed by atoms with E-state index in [1.807, 2.05) is 18.2 Å². The van der Waals surface area contributed by atoms with Crippen LogP contribution < -0.4 is 5.76 Å². The van der Waals surface area contributed by atoms with Crippen molar-refractivity contribution in [3.8, 4) is 0 Å². The van der Waals surface area contributed by atoms with Gasteiger partial charge in [-0.1, -0.05) is 25.8 Å². The molecule has 1 heterocycles. The van der Waals surface area contributed by atoms with Gasteiger partial charge in [0.1, 0.15) is 0 Å². The number of aryl methyl sites for hydroxylation is 1. The third-order valence-electron chi connectivity index (χ3n) is 2.99. The second-order valence-electron chi connectivity index (χ2n) is 4.26. The lowest BCUT2D eigenvalue weighted by atomic mass is 10.1. The number of aromatic nitrogens is 1. The summed E-state index contributed by atoms with van der Waals surface area (Å²) in [5.74, 6) is -0.336. The van der Waals surface area contributed by atoms with Crippen LogP contribution in [0.3, 0.4) is 0 Å². The Kier molecular flexibility index (Phi) is 3.57. The van der Waals surface area contributed by atoms with E-state index in [-0.39, 0.29) is 11.1 Å². The molecular formula is C13H16ClNO2. The highest BCUT2D eigenvalue weighted by Crippen LogP contribution is 2.28. The summed E-state index contributed by atoms with van der Waals surface area (Å²) in [4.78, 5) is 11.4. The van der Waals surface area contributed by atoms with Crippen LogP contribution >= 0.6 is 11.6 Å². The molecule has 2 rings (SSSR count). The standard InChI is InChI=1S/C13H16ClNO2/c1-3-4-5-10(14)9-6-7-11-12(8-9)17-13(16)15(11)2/h6-8,10H,3-5H2,1-2H3. The molecule has 4 heteroatoms. The smallest absolute Gasteiger partial charge is 0.408 e. The van der Waals surface area contributed by atoms with Crippen molar-refractivity contribution in [2.75, 3.05) is 0 Å². The van der Waals surface area contributed by atoms with E-state index in [1.54, 1.807) is 7.05 Å². The Morgan fingerprint density at radius 2 is 2.24 bits per heavy atom. The zero-order valence-electron chi connectivity index (χ0n) is 10.1. The molecule has 1 aromatic heterocycles. The predicted molar refractivity (Wildman–Crippen MR) is 69.6 cm³/mol. The number of halogens is 1. The van der Waals surface area contributed by atoms with E-state index in [4.69, 9.17) is 16.0 Å². The van der Waals surface area contributed by atoms with Crippen LogP contribution in [0.25, 0.3) is 11.1 Å². The first-order valence-corrected chi connectivity index (χ1v) is 6.30. The highest BCUT2D eigenvalue weighted by atomic mass is 35.5. The van der Waals surface area contributed by atoms with Crippen molar-refractivity contribution in [1.29, 1.82) is 0 Å². The van der Waals surface area contributed by atoms with Gasteiger partial charge in [0.25, 0.3) is 0 Å². The summed E-state index contributed by atoms with van der Waals surface area (Å²) >= 11 is 6.31. The van der Waals surface area contributed by atoms with Gasteiger partial charge in [-0.2, -0.15) is 0 Å². The van der Waals surface area contributed by atoms with Gasteiger partial charge in [-0.05, 0) is 24.1 Å². The van der Waals surface area contributed by atoms with Crippen LogP contribution in [0.5, 0.6) is 0 Å². The fourth-order valence-electron chi connectivity index (χ4n) is 1.90. The fraction of sp³-hybridized carbons (Fsp3) is 0.462. The minimum absolute atomic E-state index is 0.00939. The van der Waals surface area contributed by atoms with Gasteiger partial charge in [-0.15, -0.1) is 11.6 Å². The van der Waals surface area contributed by atoms with Crippen molar-refractivity contribution in [2.45, 2.75) is 31.6 Å². The zero-order valence-corrected chi connectivity index (χ0v) is 10.8. The Morgan fingerprint density at radius 3 is 2.94 bits per heavy atom. The molecule has 2 aromatic rings. The number of oxazole rings is 1. The van der Waals surface area contributed by atoms with E-state index in [0.717, 1.165) is 30.3 Å². The van der Waals surface area contributed by atoms with E-state index in [1.165, 1.54) is 4.57 Å². The van der Waals surface area contributed by atoms with Gasteiger partial charge in [0.2, 0.25) is 0 Å². The lowest BCUT2D eigenvalue weighted by Crippen LogP contribution is -2.08. The highest BCUT2D eigenvalue weighted by molar-refractivity contribution is 6.20. The maximum Gasteiger partial charge on any atom is 0.419 e. The number of benzene rings is 1. The number of hydrogen-bond acceptors (Lipinski definition) is 2. The summed E-state index contributed by atoms with van der Waals surface area (Å²) in [6.45, 7) is 2.14. The molecule has 0 fully saturated rings. The quantitative estimate of drug-likeness (QED) is 0.781. The lowest BCUT2D eigenvalue weighted by Gasteiger charge is -2.08. The van der Waals surface area contributed by atoms with Gasteiger partial charge in [0.15, 0.2) is 5.58 Å². The molecule has 0 aliphatic carbocycles. The number of rotatable bonds is 4. The summed E-state index contributed by atoms with van der Waals surface area (Å²) in [6, 6.07) is 5.71. The summed E-state index contributed by atoms with van der Waals surface area (Å²) in [7, 11) is 1.70. The lowest BCUT2D eigenvalue weighted by molar-refractivity contribution is 0.527. The minimum Gasteiger partial charge on any atom is -0.408 e. The van der Waals surface area contributed by atoms with Crippen molar-refractivity contribution in [2.24, 2.45) is 7.05 Å². The van der Waals surface area contributed by atoms with Crippen molar-refractivity contribution in [3.05, 3.63) is 34.3 Å². The highest BCUT2D eigenvalue weighted by Gasteiger charge is 2.11. The third-order valence-corrected chi connectivity index (χ3v) is 3.46. The molecule has 92 valence electrons. The second kappa shape index (κ2) is 4.96. The van der Waals surface area contributed by atoms with Crippen LogP contribution in [0.4, 0.5) is 0 Å². The maximum atomic E-state index is 11.4. The first-order valence-electron chi connectivity index (χ1n) is 5.87. The Balaban J connectivity index is 2.34. The third kappa shape index (κ3) is 2.39. The first-order chi connectivity index (χ1) is 8.13. The molecule has 1 unspecified atom stereocenters. The summed E-state index contributed by atoms with van der Waals surface area (Å²) in [5, 5.41) is -0.00939. The maximum absolute atomic E-state index is 11.4. The number of nitrogens with zero attached hydrogens (tertiary/aromatic N) is 1. The van der Waals surface area contributed by atoms with E-state index >= 15 is 0 Å². The van der Waals surface area contributed by atoms with Crippen molar-refractivity contribution >= 4 is 22.7 Å². The average Bonchev–Trinajstić information content (AvgIpc) is 2.61. The first kappa shape index (κ1) is 12.2. The molecule has 0 N–H and O–H groups in total. The molecule has 0 bridgehead atoms. The number of hydrogen-bond donors (Lipinski definition) is 0. The molecule has 0 radical (unpaired) electrons. The van der Waals surface area contributed by atoms with Crippen LogP contribution in [-0.2, 0) is 7.05 Å². The molecule has 0 spiro atoms. The van der Waals surface area contributed by atoms with Gasteiger partial charge in [-0.3, -0.25) is 4.57 Å². The van der Waals surface area contributed by atoms with E-state index in [2.05, 4.69) is 6.92 Å². The Bertz CT molecular complexity index is 570. The molecule has 3 nitrogen and oxygen atoms in total. The van der Waals surface area contributed by atoms with Gasteiger partial charge in [0.05, 0.1) is 10.9 Å². The van der Waals surface area contributed by atoms with Gasteiger partial charge < -0.3 is 4.42 Å². The van der Waals surface area contributed by atoms with Crippen LogP contribution in [0.1, 0.15) is 37.1 Å². The Hall–Kier alpha value is -1.22. The monoisotopic (exact) mass is 253 g/mol. The average molecular weight is 254 g/mol. The molecule has 0 aliphatic heterocycles. The number of unbranched alkanes of at least 4 members (excludes halogenated alkanes) is 1. The molecule has 1 aromatic carbocycles.